The Bertz CT molecular complexity index is 802. The summed E-state index contributed by atoms with van der Waals surface area (Å²) in [5.74, 6) is 2.35. The molecule has 0 atom stereocenters. The Labute approximate surface area is 145 Å². The van der Waals surface area contributed by atoms with E-state index in [9.17, 15) is 0 Å². The Morgan fingerprint density at radius 2 is 1.20 bits per heavy atom. The smallest absolute Gasteiger partial charge is 0.159 e. The molecule has 25 heavy (non-hydrogen) atoms. The summed E-state index contributed by atoms with van der Waals surface area (Å²) < 4.78 is 10.7. The van der Waals surface area contributed by atoms with E-state index in [0.717, 1.165) is 11.4 Å². The molecular formula is C18H19N5O2. The van der Waals surface area contributed by atoms with E-state index in [0.29, 0.717) is 28.8 Å². The third-order valence-electron chi connectivity index (χ3n) is 3.60. The fourth-order valence-electron chi connectivity index (χ4n) is 2.35. The summed E-state index contributed by atoms with van der Waals surface area (Å²) in [4.78, 5) is 8.44. The van der Waals surface area contributed by atoms with E-state index in [4.69, 9.17) is 15.2 Å². The number of nitrogens with one attached hydrogen (secondary N) is 2. The summed E-state index contributed by atoms with van der Waals surface area (Å²) in [6.07, 6.45) is 1.44. The van der Waals surface area contributed by atoms with Crippen LogP contribution in [0, 0.1) is 0 Å². The first-order valence-electron chi connectivity index (χ1n) is 7.63. The molecule has 1 heterocycles. The quantitative estimate of drug-likeness (QED) is 0.633. The number of hydrogen-bond acceptors (Lipinski definition) is 7. The molecule has 0 saturated heterocycles. The number of rotatable bonds is 6. The summed E-state index contributed by atoms with van der Waals surface area (Å²) in [5, 5.41) is 6.35. The van der Waals surface area contributed by atoms with Crippen LogP contribution in [0.2, 0.25) is 0 Å². The average Bonchev–Trinajstić information content (AvgIpc) is 2.66. The predicted octanol–water partition coefficient (Wildman–Crippen LogP) is 3.56. The van der Waals surface area contributed by atoms with E-state index in [-0.39, 0.29) is 0 Å². The molecule has 0 saturated carbocycles. The molecule has 1 aromatic heterocycles. The number of nitrogen functional groups attached to an aromatic ring is 1. The van der Waals surface area contributed by atoms with Crippen LogP contribution in [-0.4, -0.2) is 24.2 Å². The van der Waals surface area contributed by atoms with Gasteiger partial charge in [0.2, 0.25) is 0 Å². The summed E-state index contributed by atoms with van der Waals surface area (Å²) in [6.45, 7) is 0. The molecule has 0 fully saturated rings. The molecule has 0 aliphatic rings. The standard InChI is InChI=1S/C18H19N5O2/c1-24-14-9-5-3-7-12(14)22-17-16(19)18(21-11-20-17)23-13-8-4-6-10-15(13)25-2/h3-11H,19H2,1-2H3,(H2,20,21,22,23). The first kappa shape index (κ1) is 16.4. The molecule has 7 nitrogen and oxygen atoms in total. The zero-order valence-electron chi connectivity index (χ0n) is 14.0. The van der Waals surface area contributed by atoms with Crippen molar-refractivity contribution in [3.63, 3.8) is 0 Å². The maximum Gasteiger partial charge on any atom is 0.159 e. The molecule has 7 heteroatoms. The Kier molecular flexibility index (Phi) is 4.84. The van der Waals surface area contributed by atoms with E-state index in [1.807, 2.05) is 48.5 Å². The van der Waals surface area contributed by atoms with Crippen molar-refractivity contribution in [1.29, 1.82) is 0 Å². The Balaban J connectivity index is 1.90. The normalized spacial score (nSPS) is 10.2. The topological polar surface area (TPSA) is 94.3 Å². The lowest BCUT2D eigenvalue weighted by Crippen LogP contribution is -2.06. The molecule has 128 valence electrons. The summed E-state index contributed by atoms with van der Waals surface area (Å²) >= 11 is 0. The number of benzene rings is 2. The van der Waals surface area contributed by atoms with Crippen LogP contribution in [0.15, 0.2) is 54.9 Å². The highest BCUT2D eigenvalue weighted by Gasteiger charge is 2.12. The minimum absolute atomic E-state index is 0.388. The number of anilines is 5. The van der Waals surface area contributed by atoms with Crippen molar-refractivity contribution in [3.05, 3.63) is 54.9 Å². The van der Waals surface area contributed by atoms with E-state index < -0.39 is 0 Å². The third kappa shape index (κ3) is 3.55. The number of para-hydroxylation sites is 4. The highest BCUT2D eigenvalue weighted by atomic mass is 16.5. The SMILES string of the molecule is COc1ccccc1Nc1ncnc(Nc2ccccc2OC)c1N. The van der Waals surface area contributed by atoms with Crippen molar-refractivity contribution in [3.8, 4) is 11.5 Å². The average molecular weight is 337 g/mol. The minimum atomic E-state index is 0.388. The number of nitrogens with zero attached hydrogens (tertiary/aromatic N) is 2. The first-order valence-corrected chi connectivity index (χ1v) is 7.63. The second kappa shape index (κ2) is 7.39. The molecule has 3 rings (SSSR count). The predicted molar refractivity (Wildman–Crippen MR) is 99.0 cm³/mol. The highest BCUT2D eigenvalue weighted by Crippen LogP contribution is 2.33. The van der Waals surface area contributed by atoms with Crippen molar-refractivity contribution < 1.29 is 9.47 Å². The summed E-state index contributed by atoms with van der Waals surface area (Å²) in [5.41, 5.74) is 8.14. The number of ether oxygens (including phenoxy) is 2. The van der Waals surface area contributed by atoms with E-state index in [1.165, 1.54) is 6.33 Å². The Hall–Kier alpha value is -3.48. The van der Waals surface area contributed by atoms with Gasteiger partial charge < -0.3 is 25.8 Å². The molecular weight excluding hydrogens is 318 g/mol. The van der Waals surface area contributed by atoms with Crippen LogP contribution in [0.1, 0.15) is 0 Å². The van der Waals surface area contributed by atoms with Crippen molar-refractivity contribution in [2.45, 2.75) is 0 Å². The molecule has 0 aliphatic carbocycles. The number of hydrogen-bond donors (Lipinski definition) is 3. The monoisotopic (exact) mass is 337 g/mol. The van der Waals surface area contributed by atoms with Crippen LogP contribution >= 0.6 is 0 Å². The van der Waals surface area contributed by atoms with Crippen molar-refractivity contribution >= 4 is 28.7 Å². The molecule has 0 spiro atoms. The first-order chi connectivity index (χ1) is 12.2. The summed E-state index contributed by atoms with van der Waals surface area (Å²) in [6, 6.07) is 15.1. The molecule has 0 aliphatic heterocycles. The van der Waals surface area contributed by atoms with Crippen LogP contribution in [0.25, 0.3) is 0 Å². The van der Waals surface area contributed by atoms with Gasteiger partial charge in [0.1, 0.15) is 23.5 Å². The van der Waals surface area contributed by atoms with Gasteiger partial charge in [-0.2, -0.15) is 0 Å². The molecule has 0 radical (unpaired) electrons. The van der Waals surface area contributed by atoms with Crippen LogP contribution < -0.4 is 25.8 Å². The van der Waals surface area contributed by atoms with Gasteiger partial charge in [0.05, 0.1) is 25.6 Å². The van der Waals surface area contributed by atoms with Crippen molar-refractivity contribution in [2.75, 3.05) is 30.6 Å². The lowest BCUT2D eigenvalue weighted by molar-refractivity contribution is 0.417. The third-order valence-corrected chi connectivity index (χ3v) is 3.60. The van der Waals surface area contributed by atoms with Crippen molar-refractivity contribution in [2.24, 2.45) is 0 Å². The van der Waals surface area contributed by atoms with Crippen LogP contribution in [0.3, 0.4) is 0 Å². The second-order valence-corrected chi connectivity index (χ2v) is 5.14. The fraction of sp³-hybridized carbons (Fsp3) is 0.111. The van der Waals surface area contributed by atoms with Gasteiger partial charge in [-0.15, -0.1) is 0 Å². The van der Waals surface area contributed by atoms with Gasteiger partial charge in [-0.1, -0.05) is 24.3 Å². The van der Waals surface area contributed by atoms with E-state index in [2.05, 4.69) is 20.6 Å². The number of aromatic nitrogens is 2. The van der Waals surface area contributed by atoms with Gasteiger partial charge in [0, 0.05) is 0 Å². The minimum Gasteiger partial charge on any atom is -0.495 e. The van der Waals surface area contributed by atoms with Gasteiger partial charge in [-0.25, -0.2) is 9.97 Å². The zero-order chi connectivity index (χ0) is 17.6. The molecule has 2 aromatic carbocycles. The van der Waals surface area contributed by atoms with E-state index >= 15 is 0 Å². The highest BCUT2D eigenvalue weighted by molar-refractivity contribution is 5.82. The second-order valence-electron chi connectivity index (χ2n) is 5.14. The van der Waals surface area contributed by atoms with Crippen molar-refractivity contribution in [1.82, 2.24) is 9.97 Å². The number of methoxy groups -OCH3 is 2. The molecule has 3 aromatic rings. The molecule has 4 N–H and O–H groups in total. The lowest BCUT2D eigenvalue weighted by Gasteiger charge is -2.15. The van der Waals surface area contributed by atoms with Gasteiger partial charge in [0.25, 0.3) is 0 Å². The molecule has 0 amide bonds. The van der Waals surface area contributed by atoms with Gasteiger partial charge in [-0.05, 0) is 24.3 Å². The van der Waals surface area contributed by atoms with Crippen LogP contribution in [0.4, 0.5) is 28.7 Å². The van der Waals surface area contributed by atoms with Gasteiger partial charge in [-0.3, -0.25) is 0 Å². The lowest BCUT2D eigenvalue weighted by atomic mass is 10.2. The summed E-state index contributed by atoms with van der Waals surface area (Å²) in [7, 11) is 3.22. The van der Waals surface area contributed by atoms with Crippen LogP contribution in [0.5, 0.6) is 11.5 Å². The van der Waals surface area contributed by atoms with E-state index in [1.54, 1.807) is 14.2 Å². The fourth-order valence-corrected chi connectivity index (χ4v) is 2.35. The Morgan fingerprint density at radius 1 is 0.760 bits per heavy atom. The maximum atomic E-state index is 6.23. The maximum absolute atomic E-state index is 6.23. The largest absolute Gasteiger partial charge is 0.495 e. The zero-order valence-corrected chi connectivity index (χ0v) is 14.0. The van der Waals surface area contributed by atoms with Crippen LogP contribution in [-0.2, 0) is 0 Å². The molecule has 0 unspecified atom stereocenters. The molecule has 0 bridgehead atoms. The number of nitrogens with two attached hydrogens (primary N) is 1. The Morgan fingerprint density at radius 3 is 1.64 bits per heavy atom. The van der Waals surface area contributed by atoms with Gasteiger partial charge >= 0.3 is 0 Å². The van der Waals surface area contributed by atoms with Gasteiger partial charge in [0.15, 0.2) is 11.6 Å².